The van der Waals surface area contributed by atoms with Gasteiger partial charge < -0.3 is 14.6 Å². The normalized spacial score (nSPS) is 11.8. The lowest BCUT2D eigenvalue weighted by Gasteiger charge is -2.12. The van der Waals surface area contributed by atoms with Crippen LogP contribution in [0.4, 0.5) is 5.00 Å². The zero-order chi connectivity index (χ0) is 20.1. The number of amides is 1. The van der Waals surface area contributed by atoms with Crippen LogP contribution in [0, 0.1) is 0 Å². The number of thiophene rings is 1. The van der Waals surface area contributed by atoms with Gasteiger partial charge in [-0.2, -0.15) is 0 Å². The Morgan fingerprint density at radius 3 is 2.71 bits per heavy atom. The van der Waals surface area contributed by atoms with Gasteiger partial charge in [0.15, 0.2) is 5.16 Å². The number of nitrogens with one attached hydrogen (secondary N) is 1. The number of anilines is 1. The Kier molecular flexibility index (Phi) is 6.48. The Labute approximate surface area is 171 Å². The molecule has 0 aliphatic rings. The van der Waals surface area contributed by atoms with Crippen molar-refractivity contribution in [2.24, 2.45) is 7.05 Å². The Morgan fingerprint density at radius 2 is 2.07 bits per heavy atom. The van der Waals surface area contributed by atoms with E-state index in [1.54, 1.807) is 24.7 Å². The van der Waals surface area contributed by atoms with Gasteiger partial charge in [0.25, 0.3) is 0 Å². The summed E-state index contributed by atoms with van der Waals surface area (Å²) in [6.45, 7) is 3.80. The maximum Gasteiger partial charge on any atom is 0.341 e. The van der Waals surface area contributed by atoms with Gasteiger partial charge in [0, 0.05) is 18.0 Å². The van der Waals surface area contributed by atoms with Crippen LogP contribution >= 0.6 is 23.1 Å². The van der Waals surface area contributed by atoms with Crippen molar-refractivity contribution in [2.75, 3.05) is 11.9 Å². The van der Waals surface area contributed by atoms with Crippen molar-refractivity contribution in [3.05, 3.63) is 47.6 Å². The number of esters is 1. The smallest absolute Gasteiger partial charge is 0.341 e. The Morgan fingerprint density at radius 1 is 1.32 bits per heavy atom. The Hall–Kier alpha value is -2.65. The fraction of sp³-hybridized carbons (Fsp3) is 0.263. The SMILES string of the molecule is CCOC(=O)c1c(-c2ccccc2)csc1NC(=O)C(C)Sc1nncn1C. The van der Waals surface area contributed by atoms with Crippen LogP contribution in [0.15, 0.2) is 47.2 Å². The summed E-state index contributed by atoms with van der Waals surface area (Å²) in [5.41, 5.74) is 2.01. The largest absolute Gasteiger partial charge is 0.462 e. The standard InChI is InChI=1S/C19H20N4O3S2/c1-4-26-18(25)15-14(13-8-6-5-7-9-13)10-27-17(15)21-16(24)12(2)28-19-22-20-11-23(19)3/h5-12H,4H2,1-3H3,(H,21,24). The predicted molar refractivity (Wildman–Crippen MR) is 111 cm³/mol. The molecule has 0 saturated heterocycles. The first kappa shape index (κ1) is 20.1. The first-order valence-electron chi connectivity index (χ1n) is 8.66. The second-order valence-electron chi connectivity index (χ2n) is 5.91. The van der Waals surface area contributed by atoms with Crippen molar-refractivity contribution in [3.8, 4) is 11.1 Å². The van der Waals surface area contributed by atoms with Crippen molar-refractivity contribution >= 4 is 40.0 Å². The third-order valence-electron chi connectivity index (χ3n) is 3.91. The van der Waals surface area contributed by atoms with Gasteiger partial charge in [0.2, 0.25) is 5.91 Å². The quantitative estimate of drug-likeness (QED) is 0.465. The van der Waals surface area contributed by atoms with Crippen molar-refractivity contribution < 1.29 is 14.3 Å². The van der Waals surface area contributed by atoms with Crippen molar-refractivity contribution in [3.63, 3.8) is 0 Å². The van der Waals surface area contributed by atoms with E-state index in [9.17, 15) is 9.59 Å². The molecule has 9 heteroatoms. The molecule has 2 aromatic heterocycles. The second kappa shape index (κ2) is 9.03. The minimum absolute atomic E-state index is 0.222. The maximum absolute atomic E-state index is 12.7. The highest BCUT2D eigenvalue weighted by Crippen LogP contribution is 2.36. The molecule has 1 unspecified atom stereocenters. The molecule has 0 aliphatic heterocycles. The van der Waals surface area contributed by atoms with Crippen LogP contribution in [-0.2, 0) is 16.6 Å². The molecule has 1 N–H and O–H groups in total. The number of nitrogens with zero attached hydrogens (tertiary/aromatic N) is 3. The van der Waals surface area contributed by atoms with Crippen LogP contribution in [0.2, 0.25) is 0 Å². The van der Waals surface area contributed by atoms with Crippen molar-refractivity contribution in [1.29, 1.82) is 0 Å². The Balaban J connectivity index is 1.85. The summed E-state index contributed by atoms with van der Waals surface area (Å²) < 4.78 is 6.97. The van der Waals surface area contributed by atoms with Gasteiger partial charge in [0.05, 0.1) is 11.9 Å². The zero-order valence-corrected chi connectivity index (χ0v) is 17.3. The maximum atomic E-state index is 12.7. The van der Waals surface area contributed by atoms with Crippen LogP contribution in [0.3, 0.4) is 0 Å². The molecule has 2 heterocycles. The number of carbonyl (C=O) groups is 2. The number of benzene rings is 1. The Bertz CT molecular complexity index is 969. The fourth-order valence-corrected chi connectivity index (χ4v) is 4.24. The van der Waals surface area contributed by atoms with E-state index in [0.29, 0.717) is 15.7 Å². The van der Waals surface area contributed by atoms with E-state index in [-0.39, 0.29) is 12.5 Å². The number of thioether (sulfide) groups is 1. The van der Waals surface area contributed by atoms with Crippen molar-refractivity contribution in [2.45, 2.75) is 24.3 Å². The minimum atomic E-state index is -0.452. The minimum Gasteiger partial charge on any atom is -0.462 e. The number of hydrogen-bond donors (Lipinski definition) is 1. The lowest BCUT2D eigenvalue weighted by molar-refractivity contribution is -0.115. The average molecular weight is 417 g/mol. The number of hydrogen-bond acceptors (Lipinski definition) is 7. The molecule has 146 valence electrons. The second-order valence-corrected chi connectivity index (χ2v) is 8.10. The summed E-state index contributed by atoms with van der Waals surface area (Å²) in [5.74, 6) is -0.675. The summed E-state index contributed by atoms with van der Waals surface area (Å²) in [7, 11) is 1.82. The first-order chi connectivity index (χ1) is 13.5. The van der Waals surface area contributed by atoms with Gasteiger partial charge >= 0.3 is 5.97 Å². The molecule has 1 atom stereocenters. The third kappa shape index (κ3) is 4.42. The van der Waals surface area contributed by atoms with Gasteiger partial charge in [-0.1, -0.05) is 42.1 Å². The first-order valence-corrected chi connectivity index (χ1v) is 10.4. The van der Waals surface area contributed by atoms with Gasteiger partial charge in [0.1, 0.15) is 16.9 Å². The molecule has 3 aromatic rings. The van der Waals surface area contributed by atoms with Gasteiger partial charge in [-0.3, -0.25) is 4.79 Å². The van der Waals surface area contributed by atoms with E-state index in [0.717, 1.165) is 11.1 Å². The summed E-state index contributed by atoms with van der Waals surface area (Å²) in [6, 6.07) is 9.55. The van der Waals surface area contributed by atoms with E-state index >= 15 is 0 Å². The molecule has 1 amide bonds. The summed E-state index contributed by atoms with van der Waals surface area (Å²) in [5, 5.41) is 13.2. The predicted octanol–water partition coefficient (Wildman–Crippen LogP) is 3.84. The highest BCUT2D eigenvalue weighted by Gasteiger charge is 2.25. The van der Waals surface area contributed by atoms with E-state index in [2.05, 4.69) is 15.5 Å². The highest BCUT2D eigenvalue weighted by molar-refractivity contribution is 8.00. The van der Waals surface area contributed by atoms with Gasteiger partial charge in [-0.25, -0.2) is 4.79 Å². The highest BCUT2D eigenvalue weighted by atomic mass is 32.2. The molecule has 0 saturated carbocycles. The van der Waals surface area contributed by atoms with Crippen molar-refractivity contribution in [1.82, 2.24) is 14.8 Å². The molecule has 3 rings (SSSR count). The van der Waals surface area contributed by atoms with E-state index in [1.807, 2.05) is 42.8 Å². The van der Waals surface area contributed by atoms with E-state index in [4.69, 9.17) is 4.74 Å². The lowest BCUT2D eigenvalue weighted by atomic mass is 10.0. The van der Waals surface area contributed by atoms with Crippen LogP contribution in [-0.4, -0.2) is 38.5 Å². The van der Waals surface area contributed by atoms with Gasteiger partial charge in [-0.05, 0) is 19.4 Å². The summed E-state index contributed by atoms with van der Waals surface area (Å²) in [6.07, 6.45) is 1.58. The van der Waals surface area contributed by atoms with Crippen LogP contribution in [0.25, 0.3) is 11.1 Å². The fourth-order valence-electron chi connectivity index (χ4n) is 2.49. The summed E-state index contributed by atoms with van der Waals surface area (Å²) >= 11 is 2.60. The third-order valence-corrected chi connectivity index (χ3v) is 5.96. The zero-order valence-electron chi connectivity index (χ0n) is 15.7. The molecule has 0 fully saturated rings. The van der Waals surface area contributed by atoms with Gasteiger partial charge in [-0.15, -0.1) is 21.5 Å². The number of aromatic nitrogens is 3. The molecule has 7 nitrogen and oxygen atoms in total. The van der Waals surface area contributed by atoms with Crippen LogP contribution in [0.1, 0.15) is 24.2 Å². The molecule has 0 spiro atoms. The topological polar surface area (TPSA) is 86.1 Å². The molecular weight excluding hydrogens is 396 g/mol. The number of carbonyl (C=O) groups excluding carboxylic acids is 2. The van der Waals surface area contributed by atoms with Crippen LogP contribution in [0.5, 0.6) is 0 Å². The molecular formula is C19H20N4O3S2. The lowest BCUT2D eigenvalue weighted by Crippen LogP contribution is -2.23. The number of aryl methyl sites for hydroxylation is 1. The monoisotopic (exact) mass is 416 g/mol. The average Bonchev–Trinajstić information content (AvgIpc) is 3.29. The van der Waals surface area contributed by atoms with E-state index < -0.39 is 11.2 Å². The molecule has 0 radical (unpaired) electrons. The molecule has 28 heavy (non-hydrogen) atoms. The van der Waals surface area contributed by atoms with Crippen LogP contribution < -0.4 is 5.32 Å². The number of ether oxygens (including phenoxy) is 1. The molecule has 0 bridgehead atoms. The van der Waals surface area contributed by atoms with E-state index in [1.165, 1.54) is 23.1 Å². The summed E-state index contributed by atoms with van der Waals surface area (Å²) in [4.78, 5) is 25.3. The molecule has 0 aliphatic carbocycles. The molecule has 1 aromatic carbocycles. The number of rotatable bonds is 7.